The number of nitrogens with one attached hydrogen (secondary N) is 2. The second kappa shape index (κ2) is 6.93. The highest BCUT2D eigenvalue weighted by Gasteiger charge is 2.35. The Bertz CT molecular complexity index is 659. The first-order chi connectivity index (χ1) is 11.8. The molecular weight excluding hydrogens is 335 g/mol. The van der Waals surface area contributed by atoms with E-state index in [2.05, 4.69) is 10.6 Å². The molecule has 2 fully saturated rings. The van der Waals surface area contributed by atoms with Gasteiger partial charge in [0.25, 0.3) is 0 Å². The van der Waals surface area contributed by atoms with Crippen LogP contribution >= 0.6 is 0 Å². The largest absolute Gasteiger partial charge is 0.418 e. The summed E-state index contributed by atoms with van der Waals surface area (Å²) < 4.78 is 39.1. The molecule has 3 amide bonds. The summed E-state index contributed by atoms with van der Waals surface area (Å²) in [6.45, 7) is 0.645. The molecule has 25 heavy (non-hydrogen) atoms. The Labute approximate surface area is 143 Å². The zero-order chi connectivity index (χ0) is 18.0. The van der Waals surface area contributed by atoms with Crippen molar-refractivity contribution in [3.63, 3.8) is 0 Å². The summed E-state index contributed by atoms with van der Waals surface area (Å²) in [6.07, 6.45) is -1.25. The number of carbonyl (C=O) groups is 2. The number of carbonyl (C=O) groups excluding carboxylic acids is 2. The first-order valence-electron chi connectivity index (χ1n) is 8.37. The Morgan fingerprint density at radius 3 is 2.52 bits per heavy atom. The number of hydrogen-bond donors (Lipinski definition) is 2. The van der Waals surface area contributed by atoms with E-state index < -0.39 is 17.8 Å². The van der Waals surface area contributed by atoms with Gasteiger partial charge in [0.05, 0.1) is 17.2 Å². The Balaban J connectivity index is 1.64. The molecule has 5 nitrogen and oxygen atoms in total. The lowest BCUT2D eigenvalue weighted by Crippen LogP contribution is -2.47. The fourth-order valence-corrected chi connectivity index (χ4v) is 2.96. The van der Waals surface area contributed by atoms with Gasteiger partial charge in [-0.3, -0.25) is 4.79 Å². The van der Waals surface area contributed by atoms with Crippen LogP contribution in [0, 0.1) is 5.92 Å². The Kier molecular flexibility index (Phi) is 4.87. The van der Waals surface area contributed by atoms with E-state index in [4.69, 9.17) is 0 Å². The molecule has 0 unspecified atom stereocenters. The highest BCUT2D eigenvalue weighted by atomic mass is 19.4. The molecule has 1 heterocycles. The summed E-state index contributed by atoms with van der Waals surface area (Å²) in [5, 5.41) is 5.25. The number of rotatable bonds is 3. The minimum absolute atomic E-state index is 0.0734. The first-order valence-corrected chi connectivity index (χ1v) is 8.37. The molecule has 1 saturated carbocycles. The lowest BCUT2D eigenvalue weighted by atomic mass is 9.97. The van der Waals surface area contributed by atoms with Gasteiger partial charge in [0.2, 0.25) is 5.91 Å². The maximum atomic E-state index is 13.0. The van der Waals surface area contributed by atoms with E-state index in [9.17, 15) is 22.8 Å². The number of anilines is 1. The topological polar surface area (TPSA) is 61.4 Å². The molecule has 1 aromatic carbocycles. The fraction of sp³-hybridized carbons (Fsp3) is 0.529. The van der Waals surface area contributed by atoms with Crippen LogP contribution in [0.25, 0.3) is 0 Å². The van der Waals surface area contributed by atoms with Gasteiger partial charge in [0.1, 0.15) is 0 Å². The van der Waals surface area contributed by atoms with Crippen LogP contribution in [0.5, 0.6) is 0 Å². The summed E-state index contributed by atoms with van der Waals surface area (Å²) in [4.78, 5) is 25.9. The SMILES string of the molecule is O=C(NC1CC1)[C@H]1CCCN(C(=O)Nc2ccccc2C(F)(F)F)C1. The van der Waals surface area contributed by atoms with Crippen LogP contribution in [0.1, 0.15) is 31.2 Å². The number of nitrogens with zero attached hydrogens (tertiary/aromatic N) is 1. The fourth-order valence-electron chi connectivity index (χ4n) is 2.96. The molecule has 8 heteroatoms. The summed E-state index contributed by atoms with van der Waals surface area (Å²) in [5.74, 6) is -0.381. The van der Waals surface area contributed by atoms with Gasteiger partial charge in [-0.25, -0.2) is 4.79 Å². The number of likely N-dealkylation sites (tertiary alicyclic amines) is 1. The molecule has 136 valence electrons. The number of para-hydroxylation sites is 1. The predicted molar refractivity (Wildman–Crippen MR) is 85.9 cm³/mol. The van der Waals surface area contributed by atoms with E-state index >= 15 is 0 Å². The molecule has 0 aromatic heterocycles. The number of amides is 3. The van der Waals surface area contributed by atoms with Crippen molar-refractivity contribution in [2.45, 2.75) is 37.9 Å². The lowest BCUT2D eigenvalue weighted by Gasteiger charge is -2.32. The molecule has 2 aliphatic rings. The molecule has 1 aromatic rings. The number of urea groups is 1. The minimum atomic E-state index is -4.54. The molecule has 1 aliphatic heterocycles. The number of halogens is 3. The van der Waals surface area contributed by atoms with Crippen LogP contribution < -0.4 is 10.6 Å². The number of piperidine rings is 1. The van der Waals surface area contributed by atoms with Crippen LogP contribution in [0.2, 0.25) is 0 Å². The normalized spacial score (nSPS) is 20.9. The zero-order valence-corrected chi connectivity index (χ0v) is 13.6. The zero-order valence-electron chi connectivity index (χ0n) is 13.6. The minimum Gasteiger partial charge on any atom is -0.353 e. The average molecular weight is 355 g/mol. The van der Waals surface area contributed by atoms with Gasteiger partial charge < -0.3 is 15.5 Å². The van der Waals surface area contributed by atoms with E-state index in [1.54, 1.807) is 0 Å². The summed E-state index contributed by atoms with van der Waals surface area (Å²) in [7, 11) is 0. The first kappa shape index (κ1) is 17.6. The molecule has 2 N–H and O–H groups in total. The molecule has 3 rings (SSSR count). The second-order valence-electron chi connectivity index (χ2n) is 6.54. The molecule has 0 radical (unpaired) electrons. The molecule has 0 bridgehead atoms. The van der Waals surface area contributed by atoms with Crippen molar-refractivity contribution in [3.8, 4) is 0 Å². The van der Waals surface area contributed by atoms with Crippen LogP contribution in [-0.4, -0.2) is 36.0 Å². The van der Waals surface area contributed by atoms with Gasteiger partial charge in [0.15, 0.2) is 0 Å². The average Bonchev–Trinajstić information content (AvgIpc) is 3.38. The molecule has 0 spiro atoms. The van der Waals surface area contributed by atoms with Crippen LogP contribution in [0.15, 0.2) is 24.3 Å². The number of benzene rings is 1. The Morgan fingerprint density at radius 1 is 1.12 bits per heavy atom. The number of hydrogen-bond acceptors (Lipinski definition) is 2. The van der Waals surface area contributed by atoms with Gasteiger partial charge in [0, 0.05) is 19.1 Å². The van der Waals surface area contributed by atoms with E-state index in [0.29, 0.717) is 19.4 Å². The quantitative estimate of drug-likeness (QED) is 0.875. The van der Waals surface area contributed by atoms with Gasteiger partial charge in [-0.15, -0.1) is 0 Å². The number of alkyl halides is 3. The molecular formula is C17H20F3N3O2. The maximum absolute atomic E-state index is 13.0. The third kappa shape index (κ3) is 4.43. The Hall–Kier alpha value is -2.25. The third-order valence-corrected chi connectivity index (χ3v) is 4.48. The molecule has 1 saturated heterocycles. The van der Waals surface area contributed by atoms with E-state index in [-0.39, 0.29) is 30.1 Å². The Morgan fingerprint density at radius 2 is 1.84 bits per heavy atom. The third-order valence-electron chi connectivity index (χ3n) is 4.48. The van der Waals surface area contributed by atoms with E-state index in [0.717, 1.165) is 18.9 Å². The lowest BCUT2D eigenvalue weighted by molar-refractivity contribution is -0.137. The second-order valence-corrected chi connectivity index (χ2v) is 6.54. The van der Waals surface area contributed by atoms with Crippen molar-refractivity contribution in [2.24, 2.45) is 5.92 Å². The van der Waals surface area contributed by atoms with Crippen molar-refractivity contribution >= 4 is 17.6 Å². The van der Waals surface area contributed by atoms with Crippen molar-refractivity contribution in [1.82, 2.24) is 10.2 Å². The van der Waals surface area contributed by atoms with Crippen molar-refractivity contribution in [1.29, 1.82) is 0 Å². The van der Waals surface area contributed by atoms with Gasteiger partial charge in [-0.1, -0.05) is 12.1 Å². The smallest absolute Gasteiger partial charge is 0.353 e. The summed E-state index contributed by atoms with van der Waals surface area (Å²) >= 11 is 0. The van der Waals surface area contributed by atoms with Gasteiger partial charge in [-0.2, -0.15) is 13.2 Å². The van der Waals surface area contributed by atoms with Crippen molar-refractivity contribution < 1.29 is 22.8 Å². The van der Waals surface area contributed by atoms with E-state index in [1.807, 2.05) is 0 Å². The monoisotopic (exact) mass is 355 g/mol. The van der Waals surface area contributed by atoms with Crippen LogP contribution in [-0.2, 0) is 11.0 Å². The van der Waals surface area contributed by atoms with Gasteiger partial charge in [-0.05, 0) is 37.8 Å². The van der Waals surface area contributed by atoms with Gasteiger partial charge >= 0.3 is 12.2 Å². The summed E-state index contributed by atoms with van der Waals surface area (Å²) in [5.41, 5.74) is -1.16. The maximum Gasteiger partial charge on any atom is 0.418 e. The van der Waals surface area contributed by atoms with Crippen LogP contribution in [0.3, 0.4) is 0 Å². The van der Waals surface area contributed by atoms with Crippen LogP contribution in [0.4, 0.5) is 23.7 Å². The molecule has 1 atom stereocenters. The van der Waals surface area contributed by atoms with Crippen molar-refractivity contribution in [2.75, 3.05) is 18.4 Å². The molecule has 1 aliphatic carbocycles. The standard InChI is InChI=1S/C17H20F3N3O2/c18-17(19,20)13-5-1-2-6-14(13)22-16(25)23-9-3-4-11(10-23)15(24)21-12-7-8-12/h1-2,5-6,11-12H,3-4,7-10H2,(H,21,24)(H,22,25)/t11-/m0/s1. The van der Waals surface area contributed by atoms with E-state index in [1.165, 1.54) is 23.1 Å². The highest BCUT2D eigenvalue weighted by molar-refractivity contribution is 5.91. The highest BCUT2D eigenvalue weighted by Crippen LogP contribution is 2.34. The summed E-state index contributed by atoms with van der Waals surface area (Å²) in [6, 6.07) is 4.50. The van der Waals surface area contributed by atoms with Crippen molar-refractivity contribution in [3.05, 3.63) is 29.8 Å². The predicted octanol–water partition coefficient (Wildman–Crippen LogP) is 3.23.